The summed E-state index contributed by atoms with van der Waals surface area (Å²) in [6, 6.07) is 24.3. The number of carboxylic acids is 1. The van der Waals surface area contributed by atoms with Crippen LogP contribution in [0, 0.1) is 0 Å². The minimum atomic E-state index is -3.98. The van der Waals surface area contributed by atoms with Gasteiger partial charge in [0.15, 0.2) is 0 Å². The molecule has 0 spiro atoms. The number of aromatic carboxylic acids is 1. The fraction of sp³-hybridized carbons (Fsp3) is 0. The first-order valence-corrected chi connectivity index (χ1v) is 10.9. The van der Waals surface area contributed by atoms with E-state index in [-0.39, 0.29) is 28.0 Å². The Hall–Kier alpha value is -4.24. The molecule has 4 aromatic rings. The number of rotatable bonds is 7. The lowest BCUT2D eigenvalue weighted by Gasteiger charge is -2.12. The van der Waals surface area contributed by atoms with Crippen molar-refractivity contribution in [1.29, 1.82) is 0 Å². The highest BCUT2D eigenvalue weighted by atomic mass is 32.2. The topological polar surface area (TPSA) is 118 Å². The number of anilines is 1. The summed E-state index contributed by atoms with van der Waals surface area (Å²) in [6.07, 6.45) is 0. The fourth-order valence-electron chi connectivity index (χ4n) is 2.94. The zero-order valence-electron chi connectivity index (χ0n) is 16.5. The Balaban J connectivity index is 1.80. The van der Waals surface area contributed by atoms with Gasteiger partial charge >= 0.3 is 5.97 Å². The molecule has 0 saturated heterocycles. The number of carboxylic acid groups (broad SMARTS) is 1. The highest BCUT2D eigenvalue weighted by molar-refractivity contribution is 7.92. The molecule has 2 N–H and O–H groups in total. The summed E-state index contributed by atoms with van der Waals surface area (Å²) in [6.45, 7) is 0. The molecule has 0 aliphatic carbocycles. The van der Waals surface area contributed by atoms with Crippen LogP contribution in [0.2, 0.25) is 0 Å². The molecule has 8 nitrogen and oxygen atoms in total. The van der Waals surface area contributed by atoms with Crippen LogP contribution in [-0.4, -0.2) is 29.5 Å². The molecule has 4 rings (SSSR count). The molecule has 0 fully saturated rings. The van der Waals surface area contributed by atoms with Gasteiger partial charge in [0, 0.05) is 11.6 Å². The first kappa shape index (κ1) is 21.0. The van der Waals surface area contributed by atoms with E-state index in [0.29, 0.717) is 11.3 Å². The average molecular weight is 447 g/mol. The molecule has 9 heteroatoms. The van der Waals surface area contributed by atoms with Gasteiger partial charge in [-0.1, -0.05) is 54.6 Å². The fourth-order valence-corrected chi connectivity index (χ4v) is 3.91. The van der Waals surface area contributed by atoms with Crippen LogP contribution in [0.5, 0.6) is 11.6 Å². The summed E-state index contributed by atoms with van der Waals surface area (Å²) in [7, 11) is -3.98. The molecule has 0 radical (unpaired) electrons. The van der Waals surface area contributed by atoms with E-state index in [1.54, 1.807) is 60.7 Å². The molecule has 0 atom stereocenters. The van der Waals surface area contributed by atoms with E-state index < -0.39 is 16.0 Å². The Bertz CT molecular complexity index is 1360. The summed E-state index contributed by atoms with van der Waals surface area (Å²) < 4.78 is 33.6. The number of nitrogens with zero attached hydrogens (tertiary/aromatic N) is 2. The SMILES string of the molecule is O=C(O)c1ccccc1-c1cc(Oc2ccccc2)nc(NS(=O)(=O)c2ccccc2)n1. The van der Waals surface area contributed by atoms with Crippen molar-refractivity contribution < 1.29 is 23.1 Å². The van der Waals surface area contributed by atoms with Crippen LogP contribution in [0.3, 0.4) is 0 Å². The van der Waals surface area contributed by atoms with Gasteiger partial charge in [-0.25, -0.2) is 22.9 Å². The molecule has 1 heterocycles. The lowest BCUT2D eigenvalue weighted by Crippen LogP contribution is -2.15. The molecule has 160 valence electrons. The number of ether oxygens (including phenoxy) is 1. The number of aromatic nitrogens is 2. The van der Waals surface area contributed by atoms with Gasteiger partial charge in [-0.2, -0.15) is 4.98 Å². The van der Waals surface area contributed by atoms with Gasteiger partial charge in [0.2, 0.25) is 11.8 Å². The molecule has 0 aliphatic rings. The van der Waals surface area contributed by atoms with Gasteiger partial charge in [-0.3, -0.25) is 0 Å². The maximum absolute atomic E-state index is 12.8. The van der Waals surface area contributed by atoms with Crippen molar-refractivity contribution in [2.75, 3.05) is 4.72 Å². The van der Waals surface area contributed by atoms with Crippen LogP contribution >= 0.6 is 0 Å². The van der Waals surface area contributed by atoms with Crippen molar-refractivity contribution in [3.63, 3.8) is 0 Å². The summed E-state index contributed by atoms with van der Waals surface area (Å²) in [5.74, 6) is -0.874. The number of nitrogens with one attached hydrogen (secondary N) is 1. The molecular weight excluding hydrogens is 430 g/mol. The van der Waals surface area contributed by atoms with E-state index in [9.17, 15) is 18.3 Å². The van der Waals surface area contributed by atoms with Crippen molar-refractivity contribution >= 4 is 21.9 Å². The highest BCUT2D eigenvalue weighted by Crippen LogP contribution is 2.29. The Kier molecular flexibility index (Phi) is 5.82. The summed E-state index contributed by atoms with van der Waals surface area (Å²) >= 11 is 0. The van der Waals surface area contributed by atoms with Crippen molar-refractivity contribution in [3.05, 3.63) is 96.6 Å². The van der Waals surface area contributed by atoms with E-state index in [1.165, 1.54) is 24.3 Å². The van der Waals surface area contributed by atoms with Gasteiger partial charge in [-0.05, 0) is 30.3 Å². The van der Waals surface area contributed by atoms with Crippen molar-refractivity contribution in [2.24, 2.45) is 0 Å². The number of sulfonamides is 1. The first-order chi connectivity index (χ1) is 15.4. The lowest BCUT2D eigenvalue weighted by atomic mass is 10.0. The van der Waals surface area contributed by atoms with E-state index in [2.05, 4.69) is 14.7 Å². The van der Waals surface area contributed by atoms with Crippen LogP contribution in [-0.2, 0) is 10.0 Å². The maximum Gasteiger partial charge on any atom is 0.336 e. The van der Waals surface area contributed by atoms with Crippen molar-refractivity contribution in [2.45, 2.75) is 4.90 Å². The van der Waals surface area contributed by atoms with Gasteiger partial charge in [-0.15, -0.1) is 0 Å². The third kappa shape index (κ3) is 4.73. The van der Waals surface area contributed by atoms with Crippen LogP contribution in [0.25, 0.3) is 11.3 Å². The van der Waals surface area contributed by atoms with E-state index in [0.717, 1.165) is 0 Å². The Labute approximate surface area is 184 Å². The van der Waals surface area contributed by atoms with Crippen LogP contribution in [0.15, 0.2) is 95.9 Å². The predicted octanol–water partition coefficient (Wildman–Crippen LogP) is 4.43. The number of para-hydroxylation sites is 1. The quantitative estimate of drug-likeness (QED) is 0.430. The van der Waals surface area contributed by atoms with Gasteiger partial charge < -0.3 is 9.84 Å². The van der Waals surface area contributed by atoms with E-state index in [1.807, 2.05) is 6.07 Å². The Morgan fingerprint density at radius 3 is 2.16 bits per heavy atom. The summed E-state index contributed by atoms with van der Waals surface area (Å²) in [5, 5.41) is 9.55. The van der Waals surface area contributed by atoms with E-state index >= 15 is 0 Å². The molecule has 0 aliphatic heterocycles. The minimum absolute atomic E-state index is 0.00808. The third-order valence-electron chi connectivity index (χ3n) is 4.38. The van der Waals surface area contributed by atoms with Gasteiger partial charge in [0.1, 0.15) is 5.75 Å². The Morgan fingerprint density at radius 2 is 1.47 bits per heavy atom. The maximum atomic E-state index is 12.8. The smallest absolute Gasteiger partial charge is 0.336 e. The van der Waals surface area contributed by atoms with Gasteiger partial charge in [0.05, 0.1) is 16.2 Å². The van der Waals surface area contributed by atoms with Crippen LogP contribution in [0.4, 0.5) is 5.95 Å². The normalized spacial score (nSPS) is 11.0. The largest absolute Gasteiger partial charge is 0.478 e. The minimum Gasteiger partial charge on any atom is -0.478 e. The monoisotopic (exact) mass is 447 g/mol. The summed E-state index contributed by atoms with van der Waals surface area (Å²) in [5.41, 5.74) is 0.490. The second-order valence-electron chi connectivity index (χ2n) is 6.60. The van der Waals surface area contributed by atoms with E-state index in [4.69, 9.17) is 4.74 Å². The average Bonchev–Trinajstić information content (AvgIpc) is 2.80. The lowest BCUT2D eigenvalue weighted by molar-refractivity contribution is 0.0697. The second-order valence-corrected chi connectivity index (χ2v) is 8.28. The molecule has 1 aromatic heterocycles. The number of hydrogen-bond acceptors (Lipinski definition) is 6. The summed E-state index contributed by atoms with van der Waals surface area (Å²) in [4.78, 5) is 20.1. The Morgan fingerprint density at radius 1 is 0.844 bits per heavy atom. The number of hydrogen-bond donors (Lipinski definition) is 2. The standard InChI is InChI=1S/C23H17N3O5S/c27-22(28)19-14-8-7-13-18(19)20-15-21(31-16-9-3-1-4-10-16)25-23(24-20)26-32(29,30)17-11-5-2-6-12-17/h1-15H,(H,27,28)(H,24,25,26). The first-order valence-electron chi connectivity index (χ1n) is 9.45. The highest BCUT2D eigenvalue weighted by Gasteiger charge is 2.19. The molecule has 0 unspecified atom stereocenters. The predicted molar refractivity (Wildman–Crippen MR) is 118 cm³/mol. The van der Waals surface area contributed by atoms with Crippen molar-refractivity contribution in [3.8, 4) is 22.9 Å². The molecule has 0 amide bonds. The molecule has 3 aromatic carbocycles. The van der Waals surface area contributed by atoms with Crippen LogP contribution in [0.1, 0.15) is 10.4 Å². The molecule has 0 saturated carbocycles. The zero-order chi connectivity index (χ0) is 22.6. The van der Waals surface area contributed by atoms with Crippen LogP contribution < -0.4 is 9.46 Å². The third-order valence-corrected chi connectivity index (χ3v) is 5.72. The number of carbonyl (C=O) groups is 1. The molecule has 0 bridgehead atoms. The number of benzene rings is 3. The molecular formula is C23H17N3O5S. The van der Waals surface area contributed by atoms with Crippen molar-refractivity contribution in [1.82, 2.24) is 9.97 Å². The zero-order valence-corrected chi connectivity index (χ0v) is 17.4. The second kappa shape index (κ2) is 8.86. The molecule has 32 heavy (non-hydrogen) atoms. The van der Waals surface area contributed by atoms with Gasteiger partial charge in [0.25, 0.3) is 10.0 Å².